The Hall–Kier alpha value is -2.41. The molecule has 1 fully saturated rings. The highest BCUT2D eigenvalue weighted by Crippen LogP contribution is 2.33. The van der Waals surface area contributed by atoms with E-state index in [-0.39, 0.29) is 11.9 Å². The van der Waals surface area contributed by atoms with E-state index in [9.17, 15) is 4.79 Å². The highest BCUT2D eigenvalue weighted by molar-refractivity contribution is 9.10. The maximum atomic E-state index is 13.0. The van der Waals surface area contributed by atoms with Crippen LogP contribution in [0, 0.1) is 0 Å². The smallest absolute Gasteiger partial charge is 0.272 e. The third kappa shape index (κ3) is 2.54. The fourth-order valence-electron chi connectivity index (χ4n) is 3.23. The average Bonchev–Trinajstić information content (AvgIpc) is 3.22. The largest absolute Gasteiger partial charge is 0.380 e. The minimum absolute atomic E-state index is 0.0667. The summed E-state index contributed by atoms with van der Waals surface area (Å²) in [5.74, 6) is 0.244. The van der Waals surface area contributed by atoms with Crippen molar-refractivity contribution in [1.82, 2.24) is 20.1 Å². The number of pyridine rings is 1. The first-order valence-electron chi connectivity index (χ1n) is 7.80. The zero-order valence-electron chi connectivity index (χ0n) is 12.9. The first-order chi connectivity index (χ1) is 11.6. The minimum atomic E-state index is -0.0667. The number of nitrogens with zero attached hydrogens (tertiary/aromatic N) is 3. The second kappa shape index (κ2) is 5.90. The maximum Gasteiger partial charge on any atom is 0.272 e. The molecule has 1 aliphatic heterocycles. The van der Waals surface area contributed by atoms with Crippen molar-refractivity contribution in [2.24, 2.45) is 0 Å². The van der Waals surface area contributed by atoms with Crippen molar-refractivity contribution in [3.8, 4) is 0 Å². The van der Waals surface area contributed by atoms with Crippen LogP contribution < -0.4 is 5.73 Å². The number of aromatic amines is 1. The Morgan fingerprint density at radius 2 is 2.04 bits per heavy atom. The van der Waals surface area contributed by atoms with E-state index in [1.807, 2.05) is 17.0 Å². The Bertz CT molecular complexity index is 905. The molecular formula is C17H16BrN5O. The number of anilines is 1. The van der Waals surface area contributed by atoms with E-state index in [2.05, 4.69) is 43.2 Å². The van der Waals surface area contributed by atoms with Gasteiger partial charge in [-0.25, -0.2) is 4.98 Å². The average molecular weight is 386 g/mol. The minimum Gasteiger partial charge on any atom is -0.380 e. The molecule has 1 saturated heterocycles. The summed E-state index contributed by atoms with van der Waals surface area (Å²) in [5.41, 5.74) is 8.62. The summed E-state index contributed by atoms with van der Waals surface area (Å²) in [4.78, 5) is 19.3. The van der Waals surface area contributed by atoms with Gasteiger partial charge in [-0.2, -0.15) is 5.10 Å². The van der Waals surface area contributed by atoms with Gasteiger partial charge < -0.3 is 10.6 Å². The highest BCUT2D eigenvalue weighted by atomic mass is 79.9. The number of aromatic nitrogens is 3. The van der Waals surface area contributed by atoms with Crippen molar-refractivity contribution in [1.29, 1.82) is 0 Å². The SMILES string of the molecule is Nc1n[nH]c2ccc(C(=O)N3CCC[C@@H]3c3ccc(Br)cc3)nc12. The number of nitrogen functional groups attached to an aromatic ring is 1. The van der Waals surface area contributed by atoms with Crippen LogP contribution >= 0.6 is 15.9 Å². The van der Waals surface area contributed by atoms with Crippen LogP contribution in [0.15, 0.2) is 40.9 Å². The Morgan fingerprint density at radius 1 is 1.25 bits per heavy atom. The fourth-order valence-corrected chi connectivity index (χ4v) is 3.49. The van der Waals surface area contributed by atoms with E-state index in [1.165, 1.54) is 0 Å². The van der Waals surface area contributed by atoms with Crippen LogP contribution in [0.5, 0.6) is 0 Å². The predicted molar refractivity (Wildman–Crippen MR) is 95.5 cm³/mol. The van der Waals surface area contributed by atoms with Crippen LogP contribution in [0.4, 0.5) is 5.82 Å². The topological polar surface area (TPSA) is 87.9 Å². The van der Waals surface area contributed by atoms with Gasteiger partial charge in [-0.15, -0.1) is 0 Å². The molecule has 3 heterocycles. The number of nitrogens with two attached hydrogens (primary N) is 1. The normalized spacial score (nSPS) is 17.5. The molecular weight excluding hydrogens is 370 g/mol. The van der Waals surface area contributed by atoms with Crippen molar-refractivity contribution in [2.45, 2.75) is 18.9 Å². The molecule has 0 spiro atoms. The molecule has 6 nitrogen and oxygen atoms in total. The summed E-state index contributed by atoms with van der Waals surface area (Å²) >= 11 is 3.45. The number of rotatable bonds is 2. The van der Waals surface area contributed by atoms with Gasteiger partial charge in [-0.05, 0) is 42.7 Å². The Kier molecular flexibility index (Phi) is 3.72. The predicted octanol–water partition coefficient (Wildman–Crippen LogP) is 3.28. The van der Waals surface area contributed by atoms with Crippen molar-refractivity contribution < 1.29 is 4.79 Å². The molecule has 4 rings (SSSR count). The zero-order valence-corrected chi connectivity index (χ0v) is 14.5. The molecule has 7 heteroatoms. The molecule has 0 saturated carbocycles. The summed E-state index contributed by atoms with van der Waals surface area (Å²) in [5, 5.41) is 6.72. The van der Waals surface area contributed by atoms with E-state index in [0.29, 0.717) is 17.0 Å². The second-order valence-corrected chi connectivity index (χ2v) is 6.83. The molecule has 122 valence electrons. The molecule has 1 aliphatic rings. The lowest BCUT2D eigenvalue weighted by molar-refractivity contribution is 0.0730. The van der Waals surface area contributed by atoms with Gasteiger partial charge >= 0.3 is 0 Å². The van der Waals surface area contributed by atoms with Gasteiger partial charge in [0, 0.05) is 11.0 Å². The standard InChI is InChI=1S/C17H16BrN5O/c18-11-5-3-10(4-6-11)14-2-1-9-23(14)17(24)13-8-7-12-15(20-13)16(19)22-21-12/h3-8,14H,1-2,9H2,(H3,19,21,22)/t14-/m1/s1. The monoisotopic (exact) mass is 385 g/mol. The summed E-state index contributed by atoms with van der Waals surface area (Å²) in [6.45, 7) is 0.736. The van der Waals surface area contributed by atoms with Crippen molar-refractivity contribution in [3.63, 3.8) is 0 Å². The molecule has 0 unspecified atom stereocenters. The maximum absolute atomic E-state index is 13.0. The summed E-state index contributed by atoms with van der Waals surface area (Å²) < 4.78 is 1.03. The molecule has 3 aromatic rings. The van der Waals surface area contributed by atoms with Crippen LogP contribution in [-0.4, -0.2) is 32.5 Å². The van der Waals surface area contributed by atoms with Crippen LogP contribution in [0.25, 0.3) is 11.0 Å². The van der Waals surface area contributed by atoms with E-state index < -0.39 is 0 Å². The van der Waals surface area contributed by atoms with Crippen LogP contribution in [-0.2, 0) is 0 Å². The summed E-state index contributed by atoms with van der Waals surface area (Å²) in [6, 6.07) is 11.7. The number of carbonyl (C=O) groups is 1. The number of H-pyrrole nitrogens is 1. The van der Waals surface area contributed by atoms with Gasteiger partial charge in [0.25, 0.3) is 5.91 Å². The Morgan fingerprint density at radius 3 is 2.83 bits per heavy atom. The Balaban J connectivity index is 1.66. The number of carbonyl (C=O) groups excluding carboxylic acids is 1. The molecule has 2 aromatic heterocycles. The number of amides is 1. The summed E-state index contributed by atoms with van der Waals surface area (Å²) in [7, 11) is 0. The van der Waals surface area contributed by atoms with Crippen LogP contribution in [0.2, 0.25) is 0 Å². The van der Waals surface area contributed by atoms with Gasteiger partial charge in [0.05, 0.1) is 11.6 Å². The van der Waals surface area contributed by atoms with E-state index >= 15 is 0 Å². The van der Waals surface area contributed by atoms with Gasteiger partial charge in [0.2, 0.25) is 0 Å². The van der Waals surface area contributed by atoms with Crippen molar-refractivity contribution in [2.75, 3.05) is 12.3 Å². The second-order valence-electron chi connectivity index (χ2n) is 5.91. The molecule has 0 bridgehead atoms. The number of hydrogen-bond donors (Lipinski definition) is 2. The van der Waals surface area contributed by atoms with Crippen LogP contribution in [0.1, 0.15) is 34.9 Å². The lowest BCUT2D eigenvalue weighted by Gasteiger charge is -2.25. The Labute approximate surface area is 147 Å². The van der Waals surface area contributed by atoms with Gasteiger partial charge in [0.15, 0.2) is 5.82 Å². The van der Waals surface area contributed by atoms with Crippen molar-refractivity contribution >= 4 is 38.7 Å². The lowest BCUT2D eigenvalue weighted by Crippen LogP contribution is -2.31. The number of likely N-dealkylation sites (tertiary alicyclic amines) is 1. The summed E-state index contributed by atoms with van der Waals surface area (Å²) in [6.07, 6.45) is 1.95. The van der Waals surface area contributed by atoms with Gasteiger partial charge in [-0.1, -0.05) is 28.1 Å². The third-order valence-corrected chi connectivity index (χ3v) is 4.95. The molecule has 0 radical (unpaired) electrons. The number of fused-ring (bicyclic) bond motifs is 1. The van der Waals surface area contributed by atoms with E-state index in [1.54, 1.807) is 12.1 Å². The molecule has 1 aromatic carbocycles. The number of benzene rings is 1. The number of halogens is 1. The molecule has 1 amide bonds. The quantitative estimate of drug-likeness (QED) is 0.708. The molecule has 3 N–H and O–H groups in total. The third-order valence-electron chi connectivity index (χ3n) is 4.42. The first kappa shape index (κ1) is 15.1. The van der Waals surface area contributed by atoms with Gasteiger partial charge in [-0.3, -0.25) is 9.89 Å². The molecule has 0 aliphatic carbocycles. The van der Waals surface area contributed by atoms with Crippen LogP contribution in [0.3, 0.4) is 0 Å². The molecule has 1 atom stereocenters. The first-order valence-corrected chi connectivity index (χ1v) is 8.60. The van der Waals surface area contributed by atoms with E-state index in [4.69, 9.17) is 5.73 Å². The fraction of sp³-hybridized carbons (Fsp3) is 0.235. The molecule has 24 heavy (non-hydrogen) atoms. The van der Waals surface area contributed by atoms with E-state index in [0.717, 1.165) is 34.9 Å². The lowest BCUT2D eigenvalue weighted by atomic mass is 10.0. The van der Waals surface area contributed by atoms with Crippen molar-refractivity contribution in [3.05, 3.63) is 52.1 Å². The highest BCUT2D eigenvalue weighted by Gasteiger charge is 2.31. The van der Waals surface area contributed by atoms with Gasteiger partial charge in [0.1, 0.15) is 11.2 Å². The zero-order chi connectivity index (χ0) is 16.7. The number of hydrogen-bond acceptors (Lipinski definition) is 4. The number of nitrogens with one attached hydrogen (secondary N) is 1.